The molecule has 0 aromatic rings. The van der Waals surface area contributed by atoms with Gasteiger partial charge in [0.2, 0.25) is 0 Å². The molecule has 2 aliphatic rings. The van der Waals surface area contributed by atoms with Crippen LogP contribution in [0.4, 0.5) is 0 Å². The van der Waals surface area contributed by atoms with E-state index in [-0.39, 0.29) is 46.5 Å². The van der Waals surface area contributed by atoms with Crippen molar-refractivity contribution in [2.75, 3.05) is 0 Å². The van der Waals surface area contributed by atoms with Gasteiger partial charge in [-0.2, -0.15) is 0 Å². The third-order valence-electron chi connectivity index (χ3n) is 4.73. The normalized spacial score (nSPS) is 35.1. The average Bonchev–Trinajstić information content (AvgIpc) is 2.73. The molecule has 3 unspecified atom stereocenters. The Bertz CT molecular complexity index is 411. The predicted molar refractivity (Wildman–Crippen MR) is 63.3 cm³/mol. The Morgan fingerprint density at radius 1 is 1.26 bits per heavy atom. The second-order valence-electron chi connectivity index (χ2n) is 6.38. The molecule has 0 aromatic heterocycles. The molecule has 0 saturated heterocycles. The maximum Gasteiger partial charge on any atom is 1.00 e. The van der Waals surface area contributed by atoms with Crippen molar-refractivity contribution < 1.29 is 49.0 Å². The van der Waals surface area contributed by atoms with Crippen LogP contribution in [0.15, 0.2) is 12.2 Å². The number of carbonyl (C=O) groups excluding carboxylic acids is 2. The minimum absolute atomic E-state index is 0. The molecule has 2 rings (SSSR count). The van der Waals surface area contributed by atoms with Gasteiger partial charge in [-0.1, -0.05) is 20.8 Å². The number of carboxylic acid groups (broad SMARTS) is 1. The number of hydrogen-bond donors (Lipinski definition) is 0. The van der Waals surface area contributed by atoms with Gasteiger partial charge in [0, 0.05) is 16.9 Å². The van der Waals surface area contributed by atoms with Gasteiger partial charge in [-0.3, -0.25) is 0 Å². The zero-order valence-corrected chi connectivity index (χ0v) is 14.1. The Morgan fingerprint density at radius 2 is 1.89 bits per heavy atom. The molecular weight excluding hydrogens is 255 g/mol. The number of esters is 1. The molecule has 2 saturated carbocycles. The number of hydrogen-bond acceptors (Lipinski definition) is 4. The summed E-state index contributed by atoms with van der Waals surface area (Å²) >= 11 is 0. The average molecular weight is 274 g/mol. The molecule has 0 N–H and O–H groups in total. The standard InChI is InChI=1S/C14H20O4.Na/c1-13(2)9-6-7-14(3,8-9)12(13)18-11(17)5-4-10(15)16;/h4-5,9,12H,6-8H2,1-3H3,(H,15,16);/q;+1/p-1/b5-4-;. The molecule has 0 aromatic carbocycles. The van der Waals surface area contributed by atoms with Crippen LogP contribution in [0.2, 0.25) is 0 Å². The van der Waals surface area contributed by atoms with Crippen LogP contribution in [-0.2, 0) is 14.3 Å². The topological polar surface area (TPSA) is 66.4 Å². The van der Waals surface area contributed by atoms with Gasteiger partial charge in [-0.15, -0.1) is 0 Å². The molecule has 5 heteroatoms. The van der Waals surface area contributed by atoms with E-state index in [2.05, 4.69) is 20.8 Å². The molecule has 19 heavy (non-hydrogen) atoms. The van der Waals surface area contributed by atoms with Crippen molar-refractivity contribution in [3.05, 3.63) is 12.2 Å². The number of ether oxygens (including phenoxy) is 1. The second kappa shape index (κ2) is 5.58. The van der Waals surface area contributed by atoms with Crippen LogP contribution in [0.1, 0.15) is 40.0 Å². The van der Waals surface area contributed by atoms with Crippen LogP contribution >= 0.6 is 0 Å². The summed E-state index contributed by atoms with van der Waals surface area (Å²) in [7, 11) is 0. The van der Waals surface area contributed by atoms with Gasteiger partial charge in [0.1, 0.15) is 6.10 Å². The number of carbonyl (C=O) groups is 2. The maximum absolute atomic E-state index is 11.6. The van der Waals surface area contributed by atoms with Gasteiger partial charge in [0.15, 0.2) is 0 Å². The van der Waals surface area contributed by atoms with Gasteiger partial charge >= 0.3 is 35.5 Å². The minimum Gasteiger partial charge on any atom is -0.545 e. The summed E-state index contributed by atoms with van der Waals surface area (Å²) in [5.41, 5.74) is 0.0110. The second-order valence-corrected chi connectivity index (χ2v) is 6.38. The minimum atomic E-state index is -1.38. The van der Waals surface area contributed by atoms with Crippen molar-refractivity contribution in [3.63, 3.8) is 0 Å². The summed E-state index contributed by atoms with van der Waals surface area (Å²) in [6.45, 7) is 6.41. The van der Waals surface area contributed by atoms with Crippen molar-refractivity contribution in [3.8, 4) is 0 Å². The van der Waals surface area contributed by atoms with Gasteiger partial charge < -0.3 is 14.6 Å². The summed E-state index contributed by atoms with van der Waals surface area (Å²) in [5.74, 6) is -1.39. The van der Waals surface area contributed by atoms with Crippen molar-refractivity contribution in [2.24, 2.45) is 16.7 Å². The Morgan fingerprint density at radius 3 is 2.37 bits per heavy atom. The first-order chi connectivity index (χ1) is 8.25. The van der Waals surface area contributed by atoms with E-state index >= 15 is 0 Å². The fourth-order valence-electron chi connectivity index (χ4n) is 3.84. The fourth-order valence-corrected chi connectivity index (χ4v) is 3.84. The summed E-state index contributed by atoms with van der Waals surface area (Å²) in [6.07, 6.45) is 4.85. The van der Waals surface area contributed by atoms with Crippen molar-refractivity contribution in [2.45, 2.75) is 46.1 Å². The Kier molecular flexibility index (Phi) is 4.92. The molecule has 2 fully saturated rings. The smallest absolute Gasteiger partial charge is 0.545 e. The van der Waals surface area contributed by atoms with Crippen LogP contribution in [0.25, 0.3) is 0 Å². The van der Waals surface area contributed by atoms with Crippen LogP contribution in [0, 0.1) is 16.7 Å². The number of carboxylic acids is 1. The van der Waals surface area contributed by atoms with Gasteiger partial charge in [0.05, 0.1) is 5.97 Å². The van der Waals surface area contributed by atoms with E-state index in [1.54, 1.807) is 0 Å². The van der Waals surface area contributed by atoms with E-state index in [9.17, 15) is 14.7 Å². The molecule has 0 aliphatic heterocycles. The molecule has 2 bridgehead atoms. The first kappa shape index (κ1) is 16.7. The Hall–Kier alpha value is -0.320. The predicted octanol–water partition coefficient (Wildman–Crippen LogP) is -1.95. The zero-order valence-electron chi connectivity index (χ0n) is 12.1. The fraction of sp³-hybridized carbons (Fsp3) is 0.714. The van der Waals surface area contributed by atoms with E-state index in [1.807, 2.05) is 0 Å². The summed E-state index contributed by atoms with van der Waals surface area (Å²) in [4.78, 5) is 21.9. The van der Waals surface area contributed by atoms with E-state index in [0.717, 1.165) is 18.9 Å². The zero-order chi connectivity index (χ0) is 13.6. The quantitative estimate of drug-likeness (QED) is 0.341. The summed E-state index contributed by atoms with van der Waals surface area (Å²) < 4.78 is 5.50. The van der Waals surface area contributed by atoms with Crippen molar-refractivity contribution >= 4 is 11.9 Å². The molecule has 0 spiro atoms. The largest absolute Gasteiger partial charge is 1.00 e. The first-order valence-electron chi connectivity index (χ1n) is 6.35. The van der Waals surface area contributed by atoms with Gasteiger partial charge in [0.25, 0.3) is 0 Å². The van der Waals surface area contributed by atoms with E-state index in [1.165, 1.54) is 6.42 Å². The molecule has 0 amide bonds. The van der Waals surface area contributed by atoms with Gasteiger partial charge in [-0.25, -0.2) is 4.79 Å². The monoisotopic (exact) mass is 274 g/mol. The number of fused-ring (bicyclic) bond motifs is 2. The molecule has 2 aliphatic carbocycles. The molecule has 3 atom stereocenters. The molecule has 0 radical (unpaired) electrons. The van der Waals surface area contributed by atoms with Crippen LogP contribution in [0.3, 0.4) is 0 Å². The van der Waals surface area contributed by atoms with Crippen LogP contribution < -0.4 is 34.7 Å². The SMILES string of the molecule is CC12CCC(C1)C(C)(C)C2OC(=O)/C=C\C(=O)[O-].[Na+]. The summed E-state index contributed by atoms with van der Waals surface area (Å²) in [5, 5.41) is 10.3. The first-order valence-corrected chi connectivity index (χ1v) is 6.35. The molecular formula is C14H19NaO4. The van der Waals surface area contributed by atoms with Crippen LogP contribution in [-0.4, -0.2) is 18.0 Å². The van der Waals surface area contributed by atoms with E-state index in [0.29, 0.717) is 12.0 Å². The maximum atomic E-state index is 11.6. The third kappa shape index (κ3) is 3.06. The number of aliphatic carboxylic acids is 1. The molecule has 100 valence electrons. The third-order valence-corrected chi connectivity index (χ3v) is 4.73. The van der Waals surface area contributed by atoms with Crippen LogP contribution in [0.5, 0.6) is 0 Å². The van der Waals surface area contributed by atoms with Crippen molar-refractivity contribution in [1.29, 1.82) is 0 Å². The molecule has 4 nitrogen and oxygen atoms in total. The Balaban J connectivity index is 0.00000180. The Labute approximate surface area is 135 Å². The summed E-state index contributed by atoms with van der Waals surface area (Å²) in [6, 6.07) is 0. The number of rotatable bonds is 3. The van der Waals surface area contributed by atoms with Gasteiger partial charge in [-0.05, 0) is 31.3 Å². The van der Waals surface area contributed by atoms with E-state index in [4.69, 9.17) is 4.74 Å². The van der Waals surface area contributed by atoms with E-state index < -0.39 is 11.9 Å². The molecule has 0 heterocycles. The van der Waals surface area contributed by atoms with Crippen molar-refractivity contribution in [1.82, 2.24) is 0 Å².